The van der Waals surface area contributed by atoms with Crippen molar-refractivity contribution in [3.8, 4) is 34.8 Å². The van der Waals surface area contributed by atoms with Crippen molar-refractivity contribution in [3.63, 3.8) is 0 Å². The smallest absolute Gasteiger partial charge is 0.338 e. The first-order valence-corrected chi connectivity index (χ1v) is 16.2. The number of fused-ring (bicyclic) bond motifs is 2. The van der Waals surface area contributed by atoms with E-state index in [1.807, 2.05) is 0 Å². The highest BCUT2D eigenvalue weighted by molar-refractivity contribution is 7.18. The summed E-state index contributed by atoms with van der Waals surface area (Å²) < 4.78 is 8.39. The monoisotopic (exact) mass is 650 g/mol. The van der Waals surface area contributed by atoms with Gasteiger partial charge in [0.15, 0.2) is 0 Å². The number of carbonyl (C=O) groups is 1. The summed E-state index contributed by atoms with van der Waals surface area (Å²) in [7, 11) is 0. The number of halogens is 1. The average Bonchev–Trinajstić information content (AvgIpc) is 3.61. The quantitative estimate of drug-likeness (QED) is 0.222. The Bertz CT molecular complexity index is 2210. The molecule has 230 valence electrons. The Balaban J connectivity index is 1.18. The Hall–Kier alpha value is -4.81. The first-order valence-electron chi connectivity index (χ1n) is 14.9. The normalized spacial score (nSPS) is 16.3. The van der Waals surface area contributed by atoms with Crippen LogP contribution in [0.15, 0.2) is 46.8 Å². The van der Waals surface area contributed by atoms with Crippen molar-refractivity contribution in [2.45, 2.75) is 51.2 Å². The predicted molar refractivity (Wildman–Crippen MR) is 175 cm³/mol. The Morgan fingerprint density at radius 1 is 1.22 bits per heavy atom. The van der Waals surface area contributed by atoms with Crippen molar-refractivity contribution in [3.05, 3.63) is 80.1 Å². The van der Waals surface area contributed by atoms with Crippen LogP contribution in [0.25, 0.3) is 32.2 Å². The van der Waals surface area contributed by atoms with Crippen molar-refractivity contribution in [2.75, 3.05) is 13.2 Å². The van der Waals surface area contributed by atoms with E-state index < -0.39 is 5.97 Å². The van der Waals surface area contributed by atoms with Gasteiger partial charge in [0, 0.05) is 33.8 Å². The van der Waals surface area contributed by atoms with Gasteiger partial charge in [0.25, 0.3) is 5.56 Å². The second-order valence-electron chi connectivity index (χ2n) is 11.3. The molecule has 1 atom stereocenters. The zero-order valence-electron chi connectivity index (χ0n) is 24.8. The molecule has 2 fully saturated rings. The van der Waals surface area contributed by atoms with Gasteiger partial charge in [-0.3, -0.25) is 19.2 Å². The van der Waals surface area contributed by atoms with Gasteiger partial charge in [0.1, 0.15) is 35.5 Å². The van der Waals surface area contributed by atoms with Gasteiger partial charge < -0.3 is 9.84 Å². The predicted octanol–water partition coefficient (Wildman–Crippen LogP) is 5.66. The second-order valence-corrected chi connectivity index (χ2v) is 12.7. The fourth-order valence-corrected chi connectivity index (χ4v) is 7.31. The fraction of sp³-hybridized carbons (Fsp3) is 0.294. The van der Waals surface area contributed by atoms with Crippen molar-refractivity contribution < 1.29 is 14.6 Å². The van der Waals surface area contributed by atoms with Gasteiger partial charge in [0.2, 0.25) is 0 Å². The minimum atomic E-state index is -1.05. The maximum Gasteiger partial charge on any atom is 0.338 e. The summed E-state index contributed by atoms with van der Waals surface area (Å²) in [6.45, 7) is 3.04. The number of benzene rings is 1. The molecule has 12 heteroatoms. The number of aromatic nitrogens is 4. The molecule has 0 spiro atoms. The molecule has 4 aromatic heterocycles. The molecule has 5 heterocycles. The average molecular weight is 651 g/mol. The van der Waals surface area contributed by atoms with Crippen LogP contribution >= 0.6 is 22.9 Å². The molecule has 1 N–H and O–H groups in total. The van der Waals surface area contributed by atoms with Crippen LogP contribution in [0.5, 0.6) is 5.75 Å². The number of rotatable bonds is 7. The van der Waals surface area contributed by atoms with Gasteiger partial charge >= 0.3 is 5.97 Å². The molecule has 1 aromatic carbocycles. The van der Waals surface area contributed by atoms with E-state index in [0.29, 0.717) is 43.9 Å². The number of aromatic carboxylic acids is 1. The Morgan fingerprint density at radius 2 is 2.07 bits per heavy atom. The molecule has 1 unspecified atom stereocenters. The van der Waals surface area contributed by atoms with Crippen LogP contribution in [0.1, 0.15) is 53.1 Å². The topological polar surface area (TPSA) is 134 Å². The van der Waals surface area contributed by atoms with E-state index in [0.717, 1.165) is 24.9 Å². The third kappa shape index (κ3) is 5.47. The summed E-state index contributed by atoms with van der Waals surface area (Å²) in [6.07, 6.45) is 7.58. The zero-order chi connectivity index (χ0) is 31.9. The number of likely N-dealkylation sites (tertiary alicyclic amines) is 1. The van der Waals surface area contributed by atoms with Crippen LogP contribution in [-0.4, -0.2) is 60.7 Å². The van der Waals surface area contributed by atoms with Gasteiger partial charge in [-0.25, -0.2) is 14.8 Å². The number of nitrogens with zero attached hydrogens (tertiary/aromatic N) is 6. The maximum atomic E-state index is 13.8. The highest BCUT2D eigenvalue weighted by atomic mass is 35.5. The first-order chi connectivity index (χ1) is 22.3. The summed E-state index contributed by atoms with van der Waals surface area (Å²) in [5, 5.41) is 21.9. The molecule has 1 saturated heterocycles. The van der Waals surface area contributed by atoms with E-state index in [2.05, 4.69) is 37.8 Å². The largest absolute Gasteiger partial charge is 0.491 e. The van der Waals surface area contributed by atoms with Gasteiger partial charge in [-0.1, -0.05) is 17.5 Å². The number of hydrogen-bond acceptors (Lipinski definition) is 9. The van der Waals surface area contributed by atoms with Crippen LogP contribution in [0.2, 0.25) is 5.02 Å². The minimum absolute atomic E-state index is 0.111. The third-order valence-corrected chi connectivity index (χ3v) is 9.70. The van der Waals surface area contributed by atoms with Gasteiger partial charge in [-0.2, -0.15) is 5.26 Å². The second kappa shape index (κ2) is 12.2. The Kier molecular flexibility index (Phi) is 7.91. The number of aryl methyl sites for hydroxylation is 1. The van der Waals surface area contributed by atoms with Crippen LogP contribution < -0.4 is 10.3 Å². The summed E-state index contributed by atoms with van der Waals surface area (Å²) >= 11 is 7.65. The number of hydrogen-bond donors (Lipinski definition) is 1. The maximum absolute atomic E-state index is 13.8. The summed E-state index contributed by atoms with van der Waals surface area (Å²) in [5.41, 5.74) is 2.33. The number of carboxylic acids is 1. The lowest BCUT2D eigenvalue weighted by Crippen LogP contribution is -2.30. The standard InChI is InChI=1S/C34H27ClN6O4S/c1-19-39-28-17-38-27(8-7-21-3-2-12-41(21)22-5-6-22)25(16-36)30(28)33(42)40(19)13-14-45-29-9-4-20(35)15-24(29)23-10-11-37-31-26(34(43)44)18-46-32(23)31/h4,9-11,15,17-18,21-22H,2-3,5-6,12-14H2,1H3,(H,43,44). The molecule has 0 amide bonds. The molecule has 1 saturated carbocycles. The van der Waals surface area contributed by atoms with Crippen LogP contribution in [0.3, 0.4) is 0 Å². The lowest BCUT2D eigenvalue weighted by molar-refractivity contribution is 0.0699. The first kappa shape index (κ1) is 29.9. The molecule has 7 rings (SSSR count). The lowest BCUT2D eigenvalue weighted by Gasteiger charge is -2.19. The number of pyridine rings is 2. The van der Waals surface area contributed by atoms with E-state index in [9.17, 15) is 20.0 Å². The van der Waals surface area contributed by atoms with Crippen molar-refractivity contribution in [1.82, 2.24) is 24.4 Å². The molecule has 46 heavy (non-hydrogen) atoms. The minimum Gasteiger partial charge on any atom is -0.491 e. The molecule has 0 radical (unpaired) electrons. The molecular weight excluding hydrogens is 624 g/mol. The van der Waals surface area contributed by atoms with E-state index in [4.69, 9.17) is 16.3 Å². The molecule has 1 aliphatic heterocycles. The molecule has 10 nitrogen and oxygen atoms in total. The van der Waals surface area contributed by atoms with Crippen LogP contribution in [-0.2, 0) is 6.54 Å². The fourth-order valence-electron chi connectivity index (χ4n) is 6.11. The van der Waals surface area contributed by atoms with E-state index >= 15 is 0 Å². The van der Waals surface area contributed by atoms with Crippen LogP contribution in [0.4, 0.5) is 0 Å². The van der Waals surface area contributed by atoms with Crippen molar-refractivity contribution in [1.29, 1.82) is 5.26 Å². The van der Waals surface area contributed by atoms with E-state index in [1.54, 1.807) is 42.8 Å². The summed E-state index contributed by atoms with van der Waals surface area (Å²) in [5.74, 6) is 6.35. The van der Waals surface area contributed by atoms with Crippen molar-refractivity contribution >= 4 is 50.0 Å². The Morgan fingerprint density at radius 3 is 2.85 bits per heavy atom. The molecule has 2 aliphatic rings. The molecule has 0 bridgehead atoms. The van der Waals surface area contributed by atoms with Gasteiger partial charge in [0.05, 0.1) is 45.5 Å². The highest BCUT2D eigenvalue weighted by Crippen LogP contribution is 2.39. The number of carboxylic acid groups (broad SMARTS) is 1. The lowest BCUT2D eigenvalue weighted by atomic mass is 10.0. The van der Waals surface area contributed by atoms with Gasteiger partial charge in [-0.15, -0.1) is 11.3 Å². The number of nitriles is 1. The van der Waals surface area contributed by atoms with Crippen molar-refractivity contribution in [2.24, 2.45) is 0 Å². The third-order valence-electron chi connectivity index (χ3n) is 8.46. The number of thiophene rings is 1. The summed E-state index contributed by atoms with van der Waals surface area (Å²) in [4.78, 5) is 41.3. The molecule has 1 aliphatic carbocycles. The molecule has 5 aromatic rings. The van der Waals surface area contributed by atoms with Gasteiger partial charge in [-0.05, 0) is 69.3 Å². The van der Waals surface area contributed by atoms with E-state index in [-0.39, 0.29) is 47.0 Å². The summed E-state index contributed by atoms with van der Waals surface area (Å²) in [6, 6.07) is 9.91. The highest BCUT2D eigenvalue weighted by Gasteiger charge is 2.36. The van der Waals surface area contributed by atoms with E-state index in [1.165, 1.54) is 34.9 Å². The Labute approximate surface area is 272 Å². The zero-order valence-corrected chi connectivity index (χ0v) is 26.4. The van der Waals surface area contributed by atoms with Crippen LogP contribution in [0, 0.1) is 30.1 Å². The number of ether oxygens (including phenoxy) is 1. The SMILES string of the molecule is Cc1nc2cnc(C#CC3CCCN3C3CC3)c(C#N)c2c(=O)n1CCOc1ccc(Cl)cc1-c1ccnc2c(C(=O)O)csc12. The molecular formula is C34H27ClN6O4S.